The summed E-state index contributed by atoms with van der Waals surface area (Å²) >= 11 is 0. The number of carbonyl (C=O) groups excluding carboxylic acids is 1. The number of anilines is 1. The minimum Gasteiger partial charge on any atom is -0.391 e. The maximum absolute atomic E-state index is 15.1. The summed E-state index contributed by atoms with van der Waals surface area (Å²) in [6.07, 6.45) is 6.95. The monoisotopic (exact) mass is 683 g/mol. The number of aliphatic hydroxyl groups excluding tert-OH is 1. The summed E-state index contributed by atoms with van der Waals surface area (Å²) in [4.78, 5) is 29.8. The molecule has 2 aromatic carbocycles. The minimum atomic E-state index is -0.562. The molecule has 2 aromatic heterocycles. The molecule has 3 aliphatic heterocycles. The molecule has 50 heavy (non-hydrogen) atoms. The number of urea groups is 1. The Hall–Kier alpha value is -3.90. The van der Waals surface area contributed by atoms with Gasteiger partial charge in [0.05, 0.1) is 24.0 Å². The van der Waals surface area contributed by atoms with Crippen LogP contribution in [0.15, 0.2) is 48.8 Å². The number of fused-ring (bicyclic) bond motifs is 1. The summed E-state index contributed by atoms with van der Waals surface area (Å²) < 4.78 is 21.5. The first-order valence-corrected chi connectivity index (χ1v) is 18.3. The van der Waals surface area contributed by atoms with Crippen molar-refractivity contribution in [2.24, 2.45) is 11.8 Å². The molecule has 0 aliphatic carbocycles. The molecule has 3 aliphatic rings. The van der Waals surface area contributed by atoms with Crippen molar-refractivity contribution in [2.45, 2.75) is 77.7 Å². The van der Waals surface area contributed by atoms with Crippen LogP contribution in [0.4, 0.5) is 14.9 Å². The second-order valence-corrected chi connectivity index (χ2v) is 14.8. The molecule has 2 unspecified atom stereocenters. The van der Waals surface area contributed by atoms with Gasteiger partial charge in [0.1, 0.15) is 17.8 Å². The third-order valence-electron chi connectivity index (χ3n) is 10.6. The van der Waals surface area contributed by atoms with Gasteiger partial charge in [-0.3, -0.25) is 4.90 Å². The lowest BCUT2D eigenvalue weighted by Gasteiger charge is -2.35. The SMILES string of the molecule is Cc1c(NC(=O)N2CC(O)C(CC(C)C)C2)cc(F)cc1-c1ncnc2[nH]c(-c3ccc(CN4CCC(OC5CCNCC5)CC4)cc3)cc12. The lowest BCUT2D eigenvalue weighted by molar-refractivity contribution is -0.0539. The maximum atomic E-state index is 15.1. The standard InChI is InChI=1S/C39H50FN7O3/c1-24(2)16-28-21-47(22-36(28)48)39(49)45-34-18-29(40)17-32(25(34)3)37-33-19-35(44-38(33)43-23-42-37)27-6-4-26(5-7-27)20-46-14-10-31(11-15-46)50-30-8-12-41-13-9-30/h4-7,17-19,23-24,28,30-31,36,41,48H,8-16,20-22H2,1-3H3,(H,45,49)(H,42,43,44). The van der Waals surface area contributed by atoms with Crippen molar-refractivity contribution in [3.63, 3.8) is 0 Å². The number of aromatic amines is 1. The van der Waals surface area contributed by atoms with Crippen molar-refractivity contribution in [1.82, 2.24) is 30.1 Å². The van der Waals surface area contributed by atoms with Gasteiger partial charge in [-0.25, -0.2) is 19.2 Å². The second kappa shape index (κ2) is 15.1. The van der Waals surface area contributed by atoms with E-state index in [-0.39, 0.29) is 18.5 Å². The molecule has 3 fully saturated rings. The van der Waals surface area contributed by atoms with Crippen molar-refractivity contribution in [3.8, 4) is 22.5 Å². The van der Waals surface area contributed by atoms with Crippen LogP contribution in [0.2, 0.25) is 0 Å². The van der Waals surface area contributed by atoms with E-state index in [9.17, 15) is 9.90 Å². The Morgan fingerprint density at radius 1 is 1.04 bits per heavy atom. The largest absolute Gasteiger partial charge is 0.391 e. The van der Waals surface area contributed by atoms with Crippen molar-refractivity contribution in [2.75, 3.05) is 44.6 Å². The smallest absolute Gasteiger partial charge is 0.321 e. The summed E-state index contributed by atoms with van der Waals surface area (Å²) in [5.41, 5.74) is 6.10. The zero-order chi connectivity index (χ0) is 34.8. The lowest BCUT2D eigenvalue weighted by atomic mass is 9.95. The van der Waals surface area contributed by atoms with E-state index >= 15 is 4.39 Å². The summed E-state index contributed by atoms with van der Waals surface area (Å²) in [5.74, 6) is -0.0196. The van der Waals surface area contributed by atoms with Gasteiger partial charge in [-0.2, -0.15) is 0 Å². The van der Waals surface area contributed by atoms with Gasteiger partial charge in [0.25, 0.3) is 0 Å². The number of ether oxygens (including phenoxy) is 1. The van der Waals surface area contributed by atoms with Gasteiger partial charge in [-0.1, -0.05) is 38.1 Å². The molecule has 3 saturated heterocycles. The number of rotatable bonds is 9. The quantitative estimate of drug-likeness (QED) is 0.163. The van der Waals surface area contributed by atoms with Gasteiger partial charge in [0.15, 0.2) is 0 Å². The molecule has 0 bridgehead atoms. The number of likely N-dealkylation sites (tertiary alicyclic amines) is 2. The number of nitrogens with zero attached hydrogens (tertiary/aromatic N) is 4. The van der Waals surface area contributed by atoms with Crippen molar-refractivity contribution in [3.05, 3.63) is 65.7 Å². The normalized spacial score (nSPS) is 21.0. The number of carbonyl (C=O) groups is 1. The zero-order valence-corrected chi connectivity index (χ0v) is 29.4. The molecule has 11 heteroatoms. The van der Waals surface area contributed by atoms with E-state index in [1.54, 1.807) is 4.90 Å². The number of amides is 2. The van der Waals surface area contributed by atoms with Crippen LogP contribution in [-0.2, 0) is 11.3 Å². The predicted molar refractivity (Wildman–Crippen MR) is 194 cm³/mol. The second-order valence-electron chi connectivity index (χ2n) is 14.8. The van der Waals surface area contributed by atoms with E-state index in [2.05, 4.69) is 68.6 Å². The van der Waals surface area contributed by atoms with Crippen LogP contribution in [0.5, 0.6) is 0 Å². The topological polar surface area (TPSA) is 119 Å². The molecule has 2 amide bonds. The first-order chi connectivity index (χ1) is 24.2. The molecule has 5 heterocycles. The highest BCUT2D eigenvalue weighted by molar-refractivity contribution is 5.97. The van der Waals surface area contributed by atoms with Gasteiger partial charge >= 0.3 is 6.03 Å². The molecule has 0 saturated carbocycles. The van der Waals surface area contributed by atoms with Crippen LogP contribution in [0, 0.1) is 24.6 Å². The molecule has 266 valence electrons. The Kier molecular flexibility index (Phi) is 10.5. The minimum absolute atomic E-state index is 0.0328. The average molecular weight is 684 g/mol. The molecule has 4 aromatic rings. The van der Waals surface area contributed by atoms with Gasteiger partial charge in [-0.05, 0) is 92.9 Å². The van der Waals surface area contributed by atoms with Crippen LogP contribution in [0.1, 0.15) is 57.1 Å². The molecule has 10 nitrogen and oxygen atoms in total. The van der Waals surface area contributed by atoms with Crippen LogP contribution < -0.4 is 10.6 Å². The molecule has 2 atom stereocenters. The number of piperidine rings is 2. The third-order valence-corrected chi connectivity index (χ3v) is 10.6. The van der Waals surface area contributed by atoms with Crippen molar-refractivity contribution in [1.29, 1.82) is 0 Å². The first kappa shape index (κ1) is 34.5. The molecule has 4 N–H and O–H groups in total. The van der Waals surface area contributed by atoms with E-state index in [1.807, 2.05) is 13.0 Å². The third kappa shape index (κ3) is 7.86. The van der Waals surface area contributed by atoms with Crippen molar-refractivity contribution >= 4 is 22.8 Å². The highest BCUT2D eigenvalue weighted by Crippen LogP contribution is 2.35. The van der Waals surface area contributed by atoms with Gasteiger partial charge in [0.2, 0.25) is 0 Å². The number of hydrogen-bond donors (Lipinski definition) is 4. The fraction of sp³-hybridized carbons (Fsp3) is 0.513. The Bertz CT molecular complexity index is 1780. The number of nitrogens with one attached hydrogen (secondary N) is 3. The Balaban J connectivity index is 1.02. The van der Waals surface area contributed by atoms with Gasteiger partial charge < -0.3 is 30.4 Å². The van der Waals surface area contributed by atoms with Gasteiger partial charge in [-0.15, -0.1) is 0 Å². The van der Waals surface area contributed by atoms with Gasteiger partial charge in [0, 0.05) is 61.0 Å². The highest BCUT2D eigenvalue weighted by Gasteiger charge is 2.34. The predicted octanol–water partition coefficient (Wildman–Crippen LogP) is 6.34. The number of β-amino-alcohol motifs (C(OH)–C–C–N with tert-alkyl or cyclic N) is 1. The number of halogens is 1. The number of aliphatic hydroxyl groups is 1. The molecule has 0 spiro atoms. The number of benzene rings is 2. The highest BCUT2D eigenvalue weighted by atomic mass is 19.1. The Morgan fingerprint density at radius 2 is 1.78 bits per heavy atom. The van der Waals surface area contributed by atoms with E-state index in [0.29, 0.717) is 52.8 Å². The Morgan fingerprint density at radius 3 is 2.52 bits per heavy atom. The van der Waals surface area contributed by atoms with E-state index in [1.165, 1.54) is 24.0 Å². The lowest BCUT2D eigenvalue weighted by Crippen LogP contribution is -2.40. The van der Waals surface area contributed by atoms with Crippen LogP contribution in [0.3, 0.4) is 0 Å². The molecular formula is C39H50FN7O3. The fourth-order valence-electron chi connectivity index (χ4n) is 7.87. The number of H-pyrrole nitrogens is 1. The summed E-state index contributed by atoms with van der Waals surface area (Å²) in [6, 6.07) is 13.1. The molecule has 7 rings (SSSR count). The number of hydrogen-bond acceptors (Lipinski definition) is 7. The van der Waals surface area contributed by atoms with Crippen molar-refractivity contribution < 1.29 is 19.0 Å². The first-order valence-electron chi connectivity index (χ1n) is 18.3. The average Bonchev–Trinajstić information content (AvgIpc) is 3.71. The van der Waals surface area contributed by atoms with Crippen LogP contribution in [-0.4, -0.2) is 93.5 Å². The molecule has 0 radical (unpaired) electrons. The summed E-state index contributed by atoms with van der Waals surface area (Å²) in [7, 11) is 0. The van der Waals surface area contributed by atoms with E-state index < -0.39 is 11.9 Å². The zero-order valence-electron chi connectivity index (χ0n) is 29.4. The van der Waals surface area contributed by atoms with Crippen LogP contribution >= 0.6 is 0 Å². The Labute approximate surface area is 293 Å². The van der Waals surface area contributed by atoms with Crippen LogP contribution in [0.25, 0.3) is 33.5 Å². The maximum Gasteiger partial charge on any atom is 0.321 e. The molecular weight excluding hydrogens is 633 g/mol. The van der Waals surface area contributed by atoms with E-state index in [4.69, 9.17) is 4.74 Å². The summed E-state index contributed by atoms with van der Waals surface area (Å²) in [5, 5.41) is 17.6. The summed E-state index contributed by atoms with van der Waals surface area (Å²) in [6.45, 7) is 11.9. The fourth-order valence-corrected chi connectivity index (χ4v) is 7.87. The number of aromatic nitrogens is 3. The van der Waals surface area contributed by atoms with E-state index in [0.717, 1.165) is 81.5 Å².